The topological polar surface area (TPSA) is 29.3 Å². The second-order valence-corrected chi connectivity index (χ2v) is 6.11. The number of hydrogen-bond donors (Lipinski definition) is 1. The number of halogens is 1. The molecule has 1 aromatic rings. The van der Waals surface area contributed by atoms with Crippen LogP contribution in [0.5, 0.6) is 0 Å². The molecule has 94 valence electrons. The number of nitrogens with zero attached hydrogens (tertiary/aromatic N) is 1. The van der Waals surface area contributed by atoms with E-state index in [-0.39, 0.29) is 0 Å². The Morgan fingerprint density at radius 2 is 2.12 bits per heavy atom. The third-order valence-corrected chi connectivity index (χ3v) is 3.88. The quantitative estimate of drug-likeness (QED) is 0.901. The van der Waals surface area contributed by atoms with Crippen molar-refractivity contribution in [2.75, 3.05) is 11.4 Å². The molecule has 1 aliphatic rings. The van der Waals surface area contributed by atoms with E-state index in [0.29, 0.717) is 12.5 Å². The van der Waals surface area contributed by atoms with Crippen LogP contribution in [0, 0.1) is 5.92 Å². The standard InChI is InChI=1S/C14H21BrN2/c1-10(2)9-17(12-5-6-12)13-4-3-11(8-16)14(15)7-13/h3-4,7,10,12H,5-6,8-9,16H2,1-2H3. The van der Waals surface area contributed by atoms with Gasteiger partial charge in [-0.15, -0.1) is 0 Å². The average Bonchev–Trinajstić information content (AvgIpc) is 3.09. The fourth-order valence-corrected chi connectivity index (χ4v) is 2.65. The molecular formula is C14H21BrN2. The van der Waals surface area contributed by atoms with Gasteiger partial charge in [-0.3, -0.25) is 0 Å². The molecule has 1 aliphatic carbocycles. The molecule has 0 aromatic heterocycles. The summed E-state index contributed by atoms with van der Waals surface area (Å²) in [6, 6.07) is 7.30. The van der Waals surface area contributed by atoms with E-state index in [1.165, 1.54) is 24.1 Å². The van der Waals surface area contributed by atoms with Crippen LogP contribution >= 0.6 is 15.9 Å². The van der Waals surface area contributed by atoms with E-state index in [9.17, 15) is 0 Å². The first kappa shape index (κ1) is 12.9. The molecular weight excluding hydrogens is 276 g/mol. The van der Waals surface area contributed by atoms with E-state index in [4.69, 9.17) is 5.73 Å². The minimum Gasteiger partial charge on any atom is -0.368 e. The smallest absolute Gasteiger partial charge is 0.0380 e. The summed E-state index contributed by atoms with van der Waals surface area (Å²) in [5.41, 5.74) is 8.19. The van der Waals surface area contributed by atoms with Gasteiger partial charge in [0.1, 0.15) is 0 Å². The first-order valence-electron chi connectivity index (χ1n) is 6.37. The first-order valence-corrected chi connectivity index (χ1v) is 7.16. The van der Waals surface area contributed by atoms with Crippen LogP contribution < -0.4 is 10.6 Å². The van der Waals surface area contributed by atoms with Crippen LogP contribution in [-0.4, -0.2) is 12.6 Å². The summed E-state index contributed by atoms with van der Waals surface area (Å²) in [5, 5.41) is 0. The van der Waals surface area contributed by atoms with Crippen LogP contribution in [0.4, 0.5) is 5.69 Å². The lowest BCUT2D eigenvalue weighted by Gasteiger charge is -2.27. The third-order valence-electron chi connectivity index (χ3n) is 3.14. The van der Waals surface area contributed by atoms with Gasteiger partial charge in [0.2, 0.25) is 0 Å². The Kier molecular flexibility index (Phi) is 4.10. The molecule has 0 saturated heterocycles. The van der Waals surface area contributed by atoms with Crippen LogP contribution in [0.25, 0.3) is 0 Å². The summed E-state index contributed by atoms with van der Waals surface area (Å²) in [6.45, 7) is 6.28. The summed E-state index contributed by atoms with van der Waals surface area (Å²) in [7, 11) is 0. The Morgan fingerprint density at radius 3 is 2.59 bits per heavy atom. The molecule has 1 saturated carbocycles. The number of anilines is 1. The molecule has 0 spiro atoms. The van der Waals surface area contributed by atoms with E-state index in [1.807, 2.05) is 0 Å². The molecule has 0 bridgehead atoms. The summed E-state index contributed by atoms with van der Waals surface area (Å²) < 4.78 is 1.13. The van der Waals surface area contributed by atoms with Crippen molar-refractivity contribution in [3.63, 3.8) is 0 Å². The van der Waals surface area contributed by atoms with Crippen LogP contribution in [0.15, 0.2) is 22.7 Å². The van der Waals surface area contributed by atoms with Gasteiger partial charge in [-0.25, -0.2) is 0 Å². The van der Waals surface area contributed by atoms with Crippen molar-refractivity contribution in [3.8, 4) is 0 Å². The first-order chi connectivity index (χ1) is 8.11. The van der Waals surface area contributed by atoms with Crippen LogP contribution in [0.2, 0.25) is 0 Å². The van der Waals surface area contributed by atoms with Gasteiger partial charge in [0, 0.05) is 29.3 Å². The van der Waals surface area contributed by atoms with Crippen molar-refractivity contribution in [1.29, 1.82) is 0 Å². The van der Waals surface area contributed by atoms with Gasteiger partial charge < -0.3 is 10.6 Å². The van der Waals surface area contributed by atoms with Crippen molar-refractivity contribution in [2.24, 2.45) is 11.7 Å². The zero-order valence-corrected chi connectivity index (χ0v) is 12.2. The molecule has 1 fully saturated rings. The number of nitrogens with two attached hydrogens (primary N) is 1. The highest BCUT2D eigenvalue weighted by atomic mass is 79.9. The van der Waals surface area contributed by atoms with Gasteiger partial charge in [-0.05, 0) is 36.5 Å². The largest absolute Gasteiger partial charge is 0.368 e. The molecule has 2 rings (SSSR count). The second kappa shape index (κ2) is 5.40. The Morgan fingerprint density at radius 1 is 1.41 bits per heavy atom. The summed E-state index contributed by atoms with van der Waals surface area (Å²) in [6.07, 6.45) is 2.67. The highest BCUT2D eigenvalue weighted by Crippen LogP contribution is 2.34. The molecule has 3 heteroatoms. The highest BCUT2D eigenvalue weighted by Gasteiger charge is 2.29. The third kappa shape index (κ3) is 3.23. The fraction of sp³-hybridized carbons (Fsp3) is 0.571. The minimum atomic E-state index is 0.592. The van der Waals surface area contributed by atoms with Crippen LogP contribution in [0.1, 0.15) is 32.3 Å². The van der Waals surface area contributed by atoms with E-state index < -0.39 is 0 Å². The van der Waals surface area contributed by atoms with Crippen molar-refractivity contribution in [3.05, 3.63) is 28.2 Å². The van der Waals surface area contributed by atoms with E-state index in [1.54, 1.807) is 0 Å². The maximum atomic E-state index is 5.69. The predicted octanol–water partition coefficient (Wildman–Crippen LogP) is 3.53. The zero-order valence-electron chi connectivity index (χ0n) is 10.6. The zero-order chi connectivity index (χ0) is 12.4. The molecule has 2 N–H and O–H groups in total. The number of rotatable bonds is 5. The van der Waals surface area contributed by atoms with Gasteiger partial charge in [-0.2, -0.15) is 0 Å². The number of benzene rings is 1. The van der Waals surface area contributed by atoms with Gasteiger partial charge in [-0.1, -0.05) is 35.8 Å². The average molecular weight is 297 g/mol. The fourth-order valence-electron chi connectivity index (χ4n) is 2.13. The highest BCUT2D eigenvalue weighted by molar-refractivity contribution is 9.10. The summed E-state index contributed by atoms with van der Waals surface area (Å²) in [4.78, 5) is 2.54. The Labute approximate surface area is 112 Å². The Hall–Kier alpha value is -0.540. The van der Waals surface area contributed by atoms with Gasteiger partial charge >= 0.3 is 0 Å². The van der Waals surface area contributed by atoms with Gasteiger partial charge in [0.25, 0.3) is 0 Å². The summed E-state index contributed by atoms with van der Waals surface area (Å²) in [5.74, 6) is 0.698. The lowest BCUT2D eigenvalue weighted by Crippen LogP contribution is -2.29. The molecule has 2 nitrogen and oxygen atoms in total. The monoisotopic (exact) mass is 296 g/mol. The van der Waals surface area contributed by atoms with E-state index in [2.05, 4.69) is 52.9 Å². The molecule has 0 radical (unpaired) electrons. The maximum absolute atomic E-state index is 5.69. The summed E-state index contributed by atoms with van der Waals surface area (Å²) >= 11 is 3.60. The lowest BCUT2D eigenvalue weighted by molar-refractivity contribution is 0.607. The maximum Gasteiger partial charge on any atom is 0.0380 e. The van der Waals surface area contributed by atoms with E-state index >= 15 is 0 Å². The molecule has 0 heterocycles. The lowest BCUT2D eigenvalue weighted by atomic mass is 10.1. The van der Waals surface area contributed by atoms with Crippen molar-refractivity contribution >= 4 is 21.6 Å². The molecule has 0 atom stereocenters. The molecule has 1 aromatic carbocycles. The second-order valence-electron chi connectivity index (χ2n) is 5.26. The molecule has 0 amide bonds. The van der Waals surface area contributed by atoms with Crippen molar-refractivity contribution in [2.45, 2.75) is 39.3 Å². The Balaban J connectivity index is 2.20. The van der Waals surface area contributed by atoms with Gasteiger partial charge in [0.15, 0.2) is 0 Å². The van der Waals surface area contributed by atoms with Crippen LogP contribution in [-0.2, 0) is 6.54 Å². The Bertz CT molecular complexity index is 386. The minimum absolute atomic E-state index is 0.592. The molecule has 0 unspecified atom stereocenters. The predicted molar refractivity (Wildman–Crippen MR) is 77.2 cm³/mol. The molecule has 17 heavy (non-hydrogen) atoms. The van der Waals surface area contributed by atoms with Gasteiger partial charge in [0.05, 0.1) is 0 Å². The van der Waals surface area contributed by atoms with Crippen molar-refractivity contribution in [1.82, 2.24) is 0 Å². The van der Waals surface area contributed by atoms with E-state index in [0.717, 1.165) is 17.1 Å². The SMILES string of the molecule is CC(C)CN(c1ccc(CN)c(Br)c1)C1CC1. The van der Waals surface area contributed by atoms with Crippen LogP contribution in [0.3, 0.4) is 0 Å². The van der Waals surface area contributed by atoms with Crippen molar-refractivity contribution < 1.29 is 0 Å². The molecule has 0 aliphatic heterocycles. The normalized spacial score (nSPS) is 15.4. The number of hydrogen-bond acceptors (Lipinski definition) is 2.